The van der Waals surface area contributed by atoms with Gasteiger partial charge in [-0.3, -0.25) is 9.78 Å². The van der Waals surface area contributed by atoms with Crippen LogP contribution in [0.3, 0.4) is 0 Å². The number of nitrogens with zero attached hydrogens (tertiary/aromatic N) is 3. The van der Waals surface area contributed by atoms with E-state index in [-0.39, 0.29) is 39.7 Å². The van der Waals surface area contributed by atoms with Gasteiger partial charge in [0.2, 0.25) is 10.0 Å². The number of rotatable bonds is 7. The number of hydrogen-bond donors (Lipinski definition) is 3. The quantitative estimate of drug-likeness (QED) is 0.158. The van der Waals surface area contributed by atoms with Gasteiger partial charge in [-0.1, -0.05) is 42.5 Å². The van der Waals surface area contributed by atoms with Crippen LogP contribution in [-0.2, 0) is 22.4 Å². The maximum atomic E-state index is 13.7. The predicted octanol–water partition coefficient (Wildman–Crippen LogP) is 6.74. The lowest BCUT2D eigenvalue weighted by atomic mass is 10.0. The van der Waals surface area contributed by atoms with Crippen molar-refractivity contribution in [3.8, 4) is 33.9 Å². The number of hydrogen-bond acceptors (Lipinski definition) is 7. The predicted molar refractivity (Wildman–Crippen MR) is 173 cm³/mol. The first-order chi connectivity index (χ1) is 23.3. The molecule has 0 aliphatic rings. The van der Waals surface area contributed by atoms with Crippen molar-refractivity contribution in [2.45, 2.75) is 36.6 Å². The molecule has 4 N–H and O–H groups in total. The third-order valence-electron chi connectivity index (χ3n) is 6.88. The summed E-state index contributed by atoms with van der Waals surface area (Å²) in [4.78, 5) is 24.9. The van der Waals surface area contributed by atoms with Gasteiger partial charge in [0.25, 0.3) is 5.91 Å². The Morgan fingerprint density at radius 1 is 0.760 bits per heavy atom. The van der Waals surface area contributed by atoms with Crippen molar-refractivity contribution in [3.05, 3.63) is 120 Å². The molecule has 16 heteroatoms. The standard InChI is InChI=1S/C28H22F6N4O2.C6H7NO2S/c1-26(2,15-39)38-25(40)19-5-3-4-17(12-19)21-13-18(10-11-35-21)24-36-22(14-23(37-24)28(32,33)34)16-6-8-20(9-7-16)27(29,30)31;7-10(8,9)6-4-2-1-3-5-6/h3-14,39H,15H2,1-2H3,(H,38,40);1-5H,(H2,7,8,9). The number of pyridine rings is 1. The molecule has 0 bridgehead atoms. The summed E-state index contributed by atoms with van der Waals surface area (Å²) in [6.07, 6.45) is -8.11. The van der Waals surface area contributed by atoms with Crippen LogP contribution < -0.4 is 10.5 Å². The van der Waals surface area contributed by atoms with Gasteiger partial charge in [0.05, 0.1) is 34.0 Å². The Kier molecular flexibility index (Phi) is 11.1. The van der Waals surface area contributed by atoms with Crippen LogP contribution in [0.25, 0.3) is 33.9 Å². The first-order valence-electron chi connectivity index (χ1n) is 14.5. The lowest BCUT2D eigenvalue weighted by Crippen LogP contribution is -2.46. The number of alkyl halides is 6. The van der Waals surface area contributed by atoms with E-state index in [0.29, 0.717) is 17.3 Å². The summed E-state index contributed by atoms with van der Waals surface area (Å²) in [6, 6.07) is 21.4. The van der Waals surface area contributed by atoms with E-state index >= 15 is 0 Å². The minimum absolute atomic E-state index is 0.0425. The molecule has 0 saturated heterocycles. The fourth-order valence-electron chi connectivity index (χ4n) is 4.28. The van der Waals surface area contributed by atoms with E-state index in [1.807, 2.05) is 0 Å². The summed E-state index contributed by atoms with van der Waals surface area (Å²) < 4.78 is 101. The largest absolute Gasteiger partial charge is 0.433 e. The summed E-state index contributed by atoms with van der Waals surface area (Å²) in [7, 11) is -3.50. The van der Waals surface area contributed by atoms with Crippen molar-refractivity contribution in [1.29, 1.82) is 0 Å². The maximum absolute atomic E-state index is 13.7. The van der Waals surface area contributed by atoms with Gasteiger partial charge in [-0.2, -0.15) is 26.3 Å². The molecule has 0 fully saturated rings. The third kappa shape index (κ3) is 9.93. The number of aliphatic hydroxyl groups is 1. The second-order valence-electron chi connectivity index (χ2n) is 11.4. The molecule has 5 aromatic rings. The smallest absolute Gasteiger partial charge is 0.394 e. The van der Waals surface area contributed by atoms with Crippen LogP contribution >= 0.6 is 0 Å². The Morgan fingerprint density at radius 3 is 1.98 bits per heavy atom. The van der Waals surface area contributed by atoms with Crippen molar-refractivity contribution in [3.63, 3.8) is 0 Å². The normalized spacial score (nSPS) is 12.1. The first kappa shape index (κ1) is 37.6. The summed E-state index contributed by atoms with van der Waals surface area (Å²) in [6.45, 7) is 3.01. The number of sulfonamides is 1. The van der Waals surface area contributed by atoms with Crippen LogP contribution in [-0.4, -0.2) is 46.5 Å². The van der Waals surface area contributed by atoms with Gasteiger partial charge >= 0.3 is 12.4 Å². The fourth-order valence-corrected chi connectivity index (χ4v) is 4.81. The van der Waals surface area contributed by atoms with Crippen molar-refractivity contribution < 1.29 is 44.7 Å². The molecule has 0 aliphatic heterocycles. The highest BCUT2D eigenvalue weighted by molar-refractivity contribution is 7.89. The molecule has 1 amide bonds. The van der Waals surface area contributed by atoms with E-state index < -0.39 is 45.1 Å². The number of nitrogens with two attached hydrogens (primary N) is 1. The zero-order chi connectivity index (χ0) is 36.9. The summed E-state index contributed by atoms with van der Waals surface area (Å²) in [5, 5.41) is 16.9. The van der Waals surface area contributed by atoms with Crippen LogP contribution in [0, 0.1) is 0 Å². The highest BCUT2D eigenvalue weighted by atomic mass is 32.2. The molecule has 2 aromatic heterocycles. The lowest BCUT2D eigenvalue weighted by Gasteiger charge is -2.23. The molecule has 9 nitrogen and oxygen atoms in total. The van der Waals surface area contributed by atoms with Crippen LogP contribution in [0.1, 0.15) is 35.5 Å². The average molecular weight is 718 g/mol. The molecule has 50 heavy (non-hydrogen) atoms. The second kappa shape index (κ2) is 14.7. The molecule has 0 radical (unpaired) electrons. The van der Waals surface area contributed by atoms with Crippen LogP contribution in [0.2, 0.25) is 0 Å². The Hall–Kier alpha value is -5.19. The average Bonchev–Trinajstić information content (AvgIpc) is 3.07. The van der Waals surface area contributed by atoms with Gasteiger partial charge in [-0.15, -0.1) is 0 Å². The monoisotopic (exact) mass is 717 g/mol. The number of amides is 1. The second-order valence-corrected chi connectivity index (χ2v) is 13.0. The minimum atomic E-state index is -4.85. The molecular formula is C34H29F6N5O4S. The molecule has 262 valence electrons. The van der Waals surface area contributed by atoms with Crippen molar-refractivity contribution >= 4 is 15.9 Å². The molecule has 0 atom stereocenters. The number of nitrogens with one attached hydrogen (secondary N) is 1. The number of carbonyl (C=O) groups is 1. The lowest BCUT2D eigenvalue weighted by molar-refractivity contribution is -0.141. The number of carbonyl (C=O) groups excluding carboxylic acids is 1. The number of primary sulfonamides is 1. The SMILES string of the molecule is CC(C)(CO)NC(=O)c1cccc(-c2cc(-c3nc(-c4ccc(C(F)(F)F)cc4)cc(C(F)(F)F)n3)ccn2)c1.NS(=O)(=O)c1ccccc1. The molecule has 2 heterocycles. The van der Waals surface area contributed by atoms with E-state index in [4.69, 9.17) is 5.14 Å². The van der Waals surface area contributed by atoms with E-state index in [2.05, 4.69) is 20.3 Å². The molecule has 5 rings (SSSR count). The van der Waals surface area contributed by atoms with Gasteiger partial charge in [-0.05, 0) is 68.4 Å². The fraction of sp³-hybridized carbons (Fsp3) is 0.176. The maximum Gasteiger partial charge on any atom is 0.433 e. The van der Waals surface area contributed by atoms with Crippen LogP contribution in [0.5, 0.6) is 0 Å². The number of halogens is 6. The van der Waals surface area contributed by atoms with Crippen molar-refractivity contribution in [2.24, 2.45) is 5.14 Å². The summed E-state index contributed by atoms with van der Waals surface area (Å²) in [5.41, 5.74) is -2.03. The molecular weight excluding hydrogens is 688 g/mol. The van der Waals surface area contributed by atoms with Gasteiger partial charge in [-0.25, -0.2) is 23.5 Å². The van der Waals surface area contributed by atoms with Crippen molar-refractivity contribution in [2.75, 3.05) is 6.61 Å². The minimum Gasteiger partial charge on any atom is -0.394 e. The topological polar surface area (TPSA) is 148 Å². The van der Waals surface area contributed by atoms with E-state index in [0.717, 1.165) is 24.3 Å². The van der Waals surface area contributed by atoms with E-state index in [9.17, 15) is 44.7 Å². The Balaban J connectivity index is 0.000000482. The highest BCUT2D eigenvalue weighted by Gasteiger charge is 2.34. The third-order valence-corrected chi connectivity index (χ3v) is 7.81. The molecule has 3 aromatic carbocycles. The van der Waals surface area contributed by atoms with E-state index in [1.54, 1.807) is 50.2 Å². The molecule has 0 aliphatic carbocycles. The number of aliphatic hydroxyl groups excluding tert-OH is 1. The molecule has 0 saturated carbocycles. The molecule has 0 unspecified atom stereocenters. The summed E-state index contributed by atoms with van der Waals surface area (Å²) in [5.74, 6) is -0.758. The Bertz CT molecular complexity index is 2070. The number of aromatic nitrogens is 3. The van der Waals surface area contributed by atoms with Gasteiger partial charge in [0.1, 0.15) is 5.69 Å². The highest BCUT2D eigenvalue weighted by Crippen LogP contribution is 2.35. The zero-order valence-electron chi connectivity index (χ0n) is 26.3. The number of benzene rings is 3. The van der Waals surface area contributed by atoms with Gasteiger partial charge in [0.15, 0.2) is 5.82 Å². The zero-order valence-corrected chi connectivity index (χ0v) is 27.1. The van der Waals surface area contributed by atoms with Crippen LogP contribution in [0.4, 0.5) is 26.3 Å². The Morgan fingerprint density at radius 2 is 1.42 bits per heavy atom. The molecule has 0 spiro atoms. The Labute approximate surface area is 282 Å². The summed E-state index contributed by atoms with van der Waals surface area (Å²) >= 11 is 0. The first-order valence-corrected chi connectivity index (χ1v) is 16.0. The van der Waals surface area contributed by atoms with E-state index in [1.165, 1.54) is 36.5 Å². The van der Waals surface area contributed by atoms with Gasteiger partial charge < -0.3 is 10.4 Å². The van der Waals surface area contributed by atoms with Crippen LogP contribution in [0.15, 0.2) is 108 Å². The van der Waals surface area contributed by atoms with Gasteiger partial charge in [0, 0.05) is 28.5 Å². The van der Waals surface area contributed by atoms with Crippen molar-refractivity contribution in [1.82, 2.24) is 20.3 Å².